The molecule has 1 amide bonds. The molecule has 1 aromatic carbocycles. The Labute approximate surface area is 132 Å². The lowest BCUT2D eigenvalue weighted by molar-refractivity contribution is -0.384. The summed E-state index contributed by atoms with van der Waals surface area (Å²) in [5.41, 5.74) is 0.271. The molecular formula is C14H18N4O5. The summed E-state index contributed by atoms with van der Waals surface area (Å²) in [6.45, 7) is 1.83. The highest BCUT2D eigenvalue weighted by atomic mass is 16.6. The highest BCUT2D eigenvalue weighted by molar-refractivity contribution is 5.92. The molecule has 0 radical (unpaired) electrons. The Bertz CT molecular complexity index is 607. The van der Waals surface area contributed by atoms with Crippen LogP contribution in [0.15, 0.2) is 24.3 Å². The van der Waals surface area contributed by atoms with E-state index in [2.05, 4.69) is 10.6 Å². The Morgan fingerprint density at radius 2 is 2.26 bits per heavy atom. The van der Waals surface area contributed by atoms with Gasteiger partial charge in [-0.25, -0.2) is 0 Å². The molecule has 1 fully saturated rings. The normalized spacial score (nSPS) is 18.3. The molecule has 0 aliphatic carbocycles. The molecule has 1 saturated heterocycles. The molecule has 1 heterocycles. The van der Waals surface area contributed by atoms with Crippen molar-refractivity contribution in [3.63, 3.8) is 0 Å². The quantitative estimate of drug-likeness (QED) is 0.507. The zero-order valence-electron chi connectivity index (χ0n) is 12.4. The molecule has 23 heavy (non-hydrogen) atoms. The largest absolute Gasteiger partial charge is 0.481 e. The zero-order valence-corrected chi connectivity index (χ0v) is 12.4. The van der Waals surface area contributed by atoms with Gasteiger partial charge in [0.2, 0.25) is 5.91 Å². The van der Waals surface area contributed by atoms with Gasteiger partial charge >= 0.3 is 5.97 Å². The van der Waals surface area contributed by atoms with Crippen LogP contribution in [0, 0.1) is 10.1 Å². The number of amides is 1. The lowest BCUT2D eigenvalue weighted by atomic mass is 10.1. The fourth-order valence-electron chi connectivity index (χ4n) is 2.49. The Morgan fingerprint density at radius 1 is 1.48 bits per heavy atom. The van der Waals surface area contributed by atoms with Crippen molar-refractivity contribution in [3.05, 3.63) is 34.4 Å². The Morgan fingerprint density at radius 3 is 2.96 bits per heavy atom. The second kappa shape index (κ2) is 7.65. The van der Waals surface area contributed by atoms with E-state index in [1.165, 1.54) is 18.2 Å². The van der Waals surface area contributed by atoms with Crippen LogP contribution >= 0.6 is 0 Å². The molecular weight excluding hydrogens is 304 g/mol. The molecule has 9 nitrogen and oxygen atoms in total. The number of nitrogens with zero attached hydrogens (tertiary/aromatic N) is 2. The van der Waals surface area contributed by atoms with E-state index < -0.39 is 10.9 Å². The molecule has 1 aliphatic rings. The predicted molar refractivity (Wildman–Crippen MR) is 82.2 cm³/mol. The number of hydrogen-bond acceptors (Lipinski definition) is 6. The molecule has 1 atom stereocenters. The average molecular weight is 322 g/mol. The van der Waals surface area contributed by atoms with Crippen molar-refractivity contribution in [1.82, 2.24) is 10.2 Å². The molecule has 2 rings (SSSR count). The first kappa shape index (κ1) is 16.8. The van der Waals surface area contributed by atoms with Crippen molar-refractivity contribution in [1.29, 1.82) is 0 Å². The number of anilines is 1. The number of piperazine rings is 1. The van der Waals surface area contributed by atoms with E-state index in [4.69, 9.17) is 5.11 Å². The summed E-state index contributed by atoms with van der Waals surface area (Å²) in [5, 5.41) is 25.2. The van der Waals surface area contributed by atoms with Crippen molar-refractivity contribution in [2.75, 3.05) is 31.5 Å². The number of hydrogen-bond donors (Lipinski definition) is 3. The van der Waals surface area contributed by atoms with Crippen LogP contribution in [0.5, 0.6) is 0 Å². The number of nitro groups is 1. The maximum absolute atomic E-state index is 12.0. The Hall–Kier alpha value is -2.52. The topological polar surface area (TPSA) is 125 Å². The molecule has 1 aliphatic heterocycles. The van der Waals surface area contributed by atoms with Crippen molar-refractivity contribution in [2.45, 2.75) is 12.5 Å². The predicted octanol–water partition coefficient (Wildman–Crippen LogP) is 0.282. The van der Waals surface area contributed by atoms with E-state index in [0.717, 1.165) is 0 Å². The van der Waals surface area contributed by atoms with Crippen molar-refractivity contribution < 1.29 is 19.6 Å². The summed E-state index contributed by atoms with van der Waals surface area (Å²) in [6, 6.07) is 5.54. The molecule has 3 N–H and O–H groups in total. The number of carbonyl (C=O) groups excluding carboxylic acids is 1. The van der Waals surface area contributed by atoms with Gasteiger partial charge < -0.3 is 15.7 Å². The number of carboxylic acid groups (broad SMARTS) is 1. The summed E-state index contributed by atoms with van der Waals surface area (Å²) in [4.78, 5) is 34.8. The number of benzene rings is 1. The van der Waals surface area contributed by atoms with E-state index in [-0.39, 0.29) is 30.6 Å². The van der Waals surface area contributed by atoms with Crippen LogP contribution in [0.4, 0.5) is 11.4 Å². The van der Waals surface area contributed by atoms with Crippen LogP contribution in [-0.2, 0) is 9.59 Å². The second-order valence-corrected chi connectivity index (χ2v) is 5.34. The van der Waals surface area contributed by atoms with Gasteiger partial charge in [-0.05, 0) is 6.07 Å². The van der Waals surface area contributed by atoms with Crippen LogP contribution in [0.2, 0.25) is 0 Å². The summed E-state index contributed by atoms with van der Waals surface area (Å²) in [6.07, 6.45) is 0.00298. The van der Waals surface area contributed by atoms with Crippen molar-refractivity contribution in [3.8, 4) is 0 Å². The van der Waals surface area contributed by atoms with Crippen LogP contribution in [0.3, 0.4) is 0 Å². The summed E-state index contributed by atoms with van der Waals surface area (Å²) < 4.78 is 0. The third-order valence-electron chi connectivity index (χ3n) is 3.47. The van der Waals surface area contributed by atoms with Crippen molar-refractivity contribution in [2.24, 2.45) is 0 Å². The van der Waals surface area contributed by atoms with Gasteiger partial charge in [0.1, 0.15) is 0 Å². The molecule has 0 bridgehead atoms. The minimum absolute atomic E-state index is 0.00298. The molecule has 0 spiro atoms. The minimum Gasteiger partial charge on any atom is -0.481 e. The third-order valence-corrected chi connectivity index (χ3v) is 3.47. The summed E-state index contributed by atoms with van der Waals surface area (Å²) >= 11 is 0. The van der Waals surface area contributed by atoms with E-state index in [1.54, 1.807) is 6.07 Å². The van der Waals surface area contributed by atoms with E-state index in [9.17, 15) is 19.7 Å². The lowest BCUT2D eigenvalue weighted by Crippen LogP contribution is -2.53. The van der Waals surface area contributed by atoms with Crippen LogP contribution < -0.4 is 10.6 Å². The van der Waals surface area contributed by atoms with Crippen LogP contribution in [0.25, 0.3) is 0 Å². The Kier molecular flexibility index (Phi) is 5.61. The summed E-state index contributed by atoms with van der Waals surface area (Å²) in [5.74, 6) is -1.17. The van der Waals surface area contributed by atoms with E-state index in [0.29, 0.717) is 25.3 Å². The van der Waals surface area contributed by atoms with E-state index in [1.807, 2.05) is 4.90 Å². The summed E-state index contributed by atoms with van der Waals surface area (Å²) in [7, 11) is 0. The molecule has 9 heteroatoms. The second-order valence-electron chi connectivity index (χ2n) is 5.34. The fraction of sp³-hybridized carbons (Fsp3) is 0.429. The monoisotopic (exact) mass is 322 g/mol. The lowest BCUT2D eigenvalue weighted by Gasteiger charge is -2.32. The van der Waals surface area contributed by atoms with Crippen LogP contribution in [-0.4, -0.2) is 59.0 Å². The van der Waals surface area contributed by atoms with Gasteiger partial charge in [0.15, 0.2) is 0 Å². The molecule has 0 saturated carbocycles. The zero-order chi connectivity index (χ0) is 16.8. The van der Waals surface area contributed by atoms with Gasteiger partial charge in [0.05, 0.1) is 17.9 Å². The number of nitrogens with one attached hydrogen (secondary N) is 2. The standard InChI is InChI=1S/C14H18N4O5/c19-13(16-10-2-1-3-12(6-10)18(22)23)9-17-5-4-15-11(8-17)7-14(20)21/h1-3,6,11,15H,4-5,7-9H2,(H,16,19)(H,20,21). The number of carboxylic acids is 1. The smallest absolute Gasteiger partial charge is 0.304 e. The first-order valence-corrected chi connectivity index (χ1v) is 7.16. The maximum Gasteiger partial charge on any atom is 0.304 e. The first-order chi connectivity index (χ1) is 10.9. The van der Waals surface area contributed by atoms with E-state index >= 15 is 0 Å². The highest BCUT2D eigenvalue weighted by Gasteiger charge is 2.23. The molecule has 0 aromatic heterocycles. The molecule has 1 unspecified atom stereocenters. The van der Waals surface area contributed by atoms with Gasteiger partial charge in [0, 0.05) is 43.5 Å². The van der Waals surface area contributed by atoms with Gasteiger partial charge in [-0.3, -0.25) is 24.6 Å². The highest BCUT2D eigenvalue weighted by Crippen LogP contribution is 2.17. The van der Waals surface area contributed by atoms with Crippen molar-refractivity contribution >= 4 is 23.3 Å². The SMILES string of the molecule is O=C(O)CC1CN(CC(=O)Nc2cccc([N+](=O)[O-])c2)CCN1. The number of aliphatic carboxylic acids is 1. The molecule has 124 valence electrons. The number of nitro benzene ring substituents is 1. The molecule has 1 aromatic rings. The Balaban J connectivity index is 1.88. The van der Waals surface area contributed by atoms with Gasteiger partial charge in [-0.2, -0.15) is 0 Å². The number of non-ortho nitro benzene ring substituents is 1. The number of carbonyl (C=O) groups is 2. The third kappa shape index (κ3) is 5.31. The minimum atomic E-state index is -0.884. The average Bonchev–Trinajstić information content (AvgIpc) is 2.47. The first-order valence-electron chi connectivity index (χ1n) is 7.16. The van der Waals surface area contributed by atoms with Gasteiger partial charge in [-0.1, -0.05) is 6.07 Å². The van der Waals surface area contributed by atoms with Gasteiger partial charge in [0.25, 0.3) is 5.69 Å². The van der Waals surface area contributed by atoms with Gasteiger partial charge in [-0.15, -0.1) is 0 Å². The maximum atomic E-state index is 12.0. The fourth-order valence-corrected chi connectivity index (χ4v) is 2.49. The number of rotatable bonds is 6. The van der Waals surface area contributed by atoms with Crippen LogP contribution in [0.1, 0.15) is 6.42 Å².